The van der Waals surface area contributed by atoms with Crippen LogP contribution in [-0.2, 0) is 4.79 Å². The molecule has 1 unspecified atom stereocenters. The Kier molecular flexibility index (Phi) is 7.93. The molecule has 3 heterocycles. The molecular formula is C31H41N7O. The first-order valence-corrected chi connectivity index (χ1v) is 14.7. The highest BCUT2D eigenvalue weighted by Crippen LogP contribution is 2.31. The van der Waals surface area contributed by atoms with Crippen molar-refractivity contribution in [2.75, 3.05) is 60.9 Å². The SMILES string of the molecule is CC(=O)N(c1ccc(N2CCN(CC3CCNC3)CC2)cc1)C1CCC(Nc2ncc3ccccc3n2)CC1. The lowest BCUT2D eigenvalue weighted by molar-refractivity contribution is -0.117. The Bertz CT molecular complexity index is 1240. The predicted octanol–water partition coefficient (Wildman–Crippen LogP) is 4.14. The van der Waals surface area contributed by atoms with Crippen LogP contribution in [-0.4, -0.2) is 78.7 Å². The highest BCUT2D eigenvalue weighted by atomic mass is 16.2. The van der Waals surface area contributed by atoms with Gasteiger partial charge in [-0.15, -0.1) is 0 Å². The second-order valence-corrected chi connectivity index (χ2v) is 11.5. The molecule has 1 atom stereocenters. The number of carbonyl (C=O) groups excluding carboxylic acids is 1. The Morgan fingerprint density at radius 3 is 2.49 bits per heavy atom. The normalized spacial score (nSPS) is 24.1. The average Bonchev–Trinajstić information content (AvgIpc) is 3.48. The number of amides is 1. The Morgan fingerprint density at radius 2 is 1.77 bits per heavy atom. The van der Waals surface area contributed by atoms with E-state index in [0.717, 1.165) is 74.4 Å². The van der Waals surface area contributed by atoms with Crippen LogP contribution in [0.4, 0.5) is 17.3 Å². The van der Waals surface area contributed by atoms with Gasteiger partial charge in [0.05, 0.1) is 5.52 Å². The molecule has 206 valence electrons. The number of benzene rings is 2. The molecule has 1 saturated carbocycles. The minimum atomic E-state index is 0.118. The molecule has 1 amide bonds. The monoisotopic (exact) mass is 527 g/mol. The highest BCUT2D eigenvalue weighted by Gasteiger charge is 2.29. The molecular weight excluding hydrogens is 486 g/mol. The van der Waals surface area contributed by atoms with E-state index in [1.54, 1.807) is 6.92 Å². The van der Waals surface area contributed by atoms with E-state index in [-0.39, 0.29) is 11.9 Å². The fraction of sp³-hybridized carbons (Fsp3) is 0.516. The van der Waals surface area contributed by atoms with Gasteiger partial charge in [0.1, 0.15) is 0 Å². The van der Waals surface area contributed by atoms with Gasteiger partial charge in [-0.1, -0.05) is 18.2 Å². The van der Waals surface area contributed by atoms with Crippen molar-refractivity contribution in [3.8, 4) is 0 Å². The third-order valence-electron chi connectivity index (χ3n) is 8.77. The molecule has 2 aromatic carbocycles. The minimum Gasteiger partial charge on any atom is -0.369 e. The van der Waals surface area contributed by atoms with E-state index in [1.807, 2.05) is 35.4 Å². The van der Waals surface area contributed by atoms with Gasteiger partial charge in [-0.3, -0.25) is 9.69 Å². The fourth-order valence-corrected chi connectivity index (χ4v) is 6.60. The number of fused-ring (bicyclic) bond motifs is 1. The number of para-hydroxylation sites is 1. The zero-order valence-electron chi connectivity index (χ0n) is 23.1. The molecule has 3 aromatic rings. The van der Waals surface area contributed by atoms with E-state index in [9.17, 15) is 4.79 Å². The number of aromatic nitrogens is 2. The van der Waals surface area contributed by atoms with E-state index in [2.05, 4.69) is 54.7 Å². The van der Waals surface area contributed by atoms with Crippen LogP contribution >= 0.6 is 0 Å². The van der Waals surface area contributed by atoms with Gasteiger partial charge in [-0.05, 0) is 81.4 Å². The van der Waals surface area contributed by atoms with E-state index in [0.29, 0.717) is 12.0 Å². The Balaban J connectivity index is 1.02. The van der Waals surface area contributed by atoms with E-state index in [1.165, 1.54) is 31.7 Å². The lowest BCUT2D eigenvalue weighted by Gasteiger charge is -2.38. The summed E-state index contributed by atoms with van der Waals surface area (Å²) < 4.78 is 0. The summed E-state index contributed by atoms with van der Waals surface area (Å²) in [4.78, 5) is 29.1. The Hall–Kier alpha value is -3.23. The third-order valence-corrected chi connectivity index (χ3v) is 8.77. The molecule has 2 N–H and O–H groups in total. The largest absolute Gasteiger partial charge is 0.369 e. The number of piperazine rings is 1. The molecule has 0 spiro atoms. The molecule has 0 bridgehead atoms. The number of nitrogens with zero attached hydrogens (tertiary/aromatic N) is 5. The van der Waals surface area contributed by atoms with Gasteiger partial charge in [-0.25, -0.2) is 9.97 Å². The molecule has 2 aliphatic heterocycles. The topological polar surface area (TPSA) is 76.6 Å². The number of hydrogen-bond acceptors (Lipinski definition) is 7. The minimum absolute atomic E-state index is 0.118. The third kappa shape index (κ3) is 6.17. The van der Waals surface area contributed by atoms with Crippen molar-refractivity contribution in [2.45, 2.75) is 51.1 Å². The van der Waals surface area contributed by atoms with Crippen LogP contribution in [0.15, 0.2) is 54.7 Å². The van der Waals surface area contributed by atoms with Crippen molar-refractivity contribution >= 4 is 34.1 Å². The van der Waals surface area contributed by atoms with Crippen molar-refractivity contribution < 1.29 is 4.79 Å². The summed E-state index contributed by atoms with van der Waals surface area (Å²) in [6.45, 7) is 9.64. The first-order chi connectivity index (χ1) is 19.1. The zero-order valence-corrected chi connectivity index (χ0v) is 23.1. The molecule has 8 heteroatoms. The number of carbonyl (C=O) groups is 1. The van der Waals surface area contributed by atoms with Gasteiger partial charge in [0.25, 0.3) is 0 Å². The summed E-state index contributed by atoms with van der Waals surface area (Å²) in [5.74, 6) is 1.62. The van der Waals surface area contributed by atoms with Gasteiger partial charge in [0.15, 0.2) is 0 Å². The number of hydrogen-bond donors (Lipinski definition) is 2. The predicted molar refractivity (Wildman–Crippen MR) is 158 cm³/mol. The summed E-state index contributed by atoms with van der Waals surface area (Å²) in [5.41, 5.74) is 3.22. The van der Waals surface area contributed by atoms with Gasteiger partial charge in [0, 0.05) is 74.7 Å². The van der Waals surface area contributed by atoms with Gasteiger partial charge >= 0.3 is 0 Å². The first kappa shape index (κ1) is 26.0. The second-order valence-electron chi connectivity index (χ2n) is 11.5. The van der Waals surface area contributed by atoms with Gasteiger partial charge < -0.3 is 20.4 Å². The number of anilines is 3. The van der Waals surface area contributed by atoms with E-state index in [4.69, 9.17) is 0 Å². The second kappa shape index (κ2) is 11.9. The van der Waals surface area contributed by atoms with E-state index >= 15 is 0 Å². The standard InChI is InChI=1S/C31H41N7O/c1-23(39)38(28-8-6-26(7-9-28)34-31-33-21-25-4-2-3-5-30(25)35-31)29-12-10-27(11-13-29)37-18-16-36(17-19-37)22-24-14-15-32-20-24/h2-5,10-13,21,24,26,28,32H,6-9,14-20,22H2,1H3,(H,33,34,35). The van der Waals surface area contributed by atoms with Crippen molar-refractivity contribution in [3.63, 3.8) is 0 Å². The van der Waals surface area contributed by atoms with Crippen LogP contribution in [0.25, 0.3) is 10.9 Å². The smallest absolute Gasteiger partial charge is 0.224 e. The fourth-order valence-electron chi connectivity index (χ4n) is 6.60. The quantitative estimate of drug-likeness (QED) is 0.478. The van der Waals surface area contributed by atoms with Crippen LogP contribution < -0.4 is 20.4 Å². The van der Waals surface area contributed by atoms with Crippen LogP contribution in [0.2, 0.25) is 0 Å². The van der Waals surface area contributed by atoms with E-state index < -0.39 is 0 Å². The van der Waals surface area contributed by atoms with Crippen LogP contribution in [0, 0.1) is 5.92 Å². The molecule has 3 fully saturated rings. The van der Waals surface area contributed by atoms with Crippen molar-refractivity contribution in [3.05, 3.63) is 54.7 Å². The zero-order chi connectivity index (χ0) is 26.6. The maximum absolute atomic E-state index is 12.8. The van der Waals surface area contributed by atoms with Crippen LogP contribution in [0.5, 0.6) is 0 Å². The molecule has 3 aliphatic rings. The summed E-state index contributed by atoms with van der Waals surface area (Å²) in [6, 6.07) is 17.3. The Labute approximate surface area is 231 Å². The molecule has 0 radical (unpaired) electrons. The first-order valence-electron chi connectivity index (χ1n) is 14.7. The maximum Gasteiger partial charge on any atom is 0.224 e. The summed E-state index contributed by atoms with van der Waals surface area (Å²) in [7, 11) is 0. The van der Waals surface area contributed by atoms with Crippen LogP contribution in [0.1, 0.15) is 39.0 Å². The summed E-state index contributed by atoms with van der Waals surface area (Å²) in [5, 5.41) is 8.07. The molecule has 2 saturated heterocycles. The lowest BCUT2D eigenvalue weighted by Crippen LogP contribution is -2.48. The highest BCUT2D eigenvalue weighted by molar-refractivity contribution is 5.92. The molecule has 1 aliphatic carbocycles. The number of nitrogens with one attached hydrogen (secondary N) is 2. The van der Waals surface area contributed by atoms with Crippen molar-refractivity contribution in [1.29, 1.82) is 0 Å². The van der Waals surface area contributed by atoms with Crippen LogP contribution in [0.3, 0.4) is 0 Å². The molecule has 8 nitrogen and oxygen atoms in total. The molecule has 6 rings (SSSR count). The van der Waals surface area contributed by atoms with Crippen molar-refractivity contribution in [1.82, 2.24) is 20.2 Å². The molecule has 39 heavy (non-hydrogen) atoms. The summed E-state index contributed by atoms with van der Waals surface area (Å²) in [6.07, 6.45) is 7.10. The maximum atomic E-state index is 12.8. The van der Waals surface area contributed by atoms with Gasteiger partial charge in [0.2, 0.25) is 11.9 Å². The average molecular weight is 528 g/mol. The molecule has 1 aromatic heterocycles. The Morgan fingerprint density at radius 1 is 1.00 bits per heavy atom. The lowest BCUT2D eigenvalue weighted by atomic mass is 9.89. The van der Waals surface area contributed by atoms with Gasteiger partial charge in [-0.2, -0.15) is 0 Å². The summed E-state index contributed by atoms with van der Waals surface area (Å²) >= 11 is 0. The van der Waals surface area contributed by atoms with Crippen molar-refractivity contribution in [2.24, 2.45) is 5.92 Å². The number of rotatable bonds is 7.